The highest BCUT2D eigenvalue weighted by atomic mass is 16.5. The molecule has 2 unspecified atom stereocenters. The first kappa shape index (κ1) is 16.5. The number of amides is 1. The standard InChI is InChI=1S/C20H23NO3/c1-15-13-21(14-19(24-15)17-6-4-3-5-7-17)20(22)12-16-8-10-18(23-2)11-9-16/h3-11,15,19H,12-14H2,1-2H3. The van der Waals surface area contributed by atoms with Gasteiger partial charge in [0.15, 0.2) is 0 Å². The van der Waals surface area contributed by atoms with Crippen LogP contribution in [0, 0.1) is 0 Å². The molecule has 1 fully saturated rings. The summed E-state index contributed by atoms with van der Waals surface area (Å²) in [6.07, 6.45) is 0.372. The summed E-state index contributed by atoms with van der Waals surface area (Å²) in [4.78, 5) is 14.6. The molecule has 1 aliphatic rings. The topological polar surface area (TPSA) is 38.8 Å². The minimum atomic E-state index is -0.0604. The molecule has 0 N–H and O–H groups in total. The fourth-order valence-electron chi connectivity index (χ4n) is 3.04. The van der Waals surface area contributed by atoms with E-state index in [0.29, 0.717) is 19.5 Å². The Balaban J connectivity index is 1.67. The third kappa shape index (κ3) is 3.95. The molecular formula is C20H23NO3. The van der Waals surface area contributed by atoms with Gasteiger partial charge >= 0.3 is 0 Å². The molecule has 4 nitrogen and oxygen atoms in total. The van der Waals surface area contributed by atoms with Gasteiger partial charge in [-0.1, -0.05) is 42.5 Å². The average Bonchev–Trinajstić information content (AvgIpc) is 2.62. The zero-order valence-electron chi connectivity index (χ0n) is 14.1. The van der Waals surface area contributed by atoms with E-state index < -0.39 is 0 Å². The second-order valence-corrected chi connectivity index (χ2v) is 6.17. The molecule has 0 aliphatic carbocycles. The van der Waals surface area contributed by atoms with Crippen molar-refractivity contribution in [1.29, 1.82) is 0 Å². The first-order valence-corrected chi connectivity index (χ1v) is 8.27. The summed E-state index contributed by atoms with van der Waals surface area (Å²) in [6.45, 7) is 3.25. The predicted molar refractivity (Wildman–Crippen MR) is 93.0 cm³/mol. The number of morpholine rings is 1. The molecule has 1 saturated heterocycles. The smallest absolute Gasteiger partial charge is 0.227 e. The van der Waals surface area contributed by atoms with E-state index >= 15 is 0 Å². The van der Waals surface area contributed by atoms with Gasteiger partial charge in [-0.25, -0.2) is 0 Å². The lowest BCUT2D eigenvalue weighted by Crippen LogP contribution is -2.46. The first-order chi connectivity index (χ1) is 11.7. The average molecular weight is 325 g/mol. The SMILES string of the molecule is COc1ccc(CC(=O)N2CC(C)OC(c3ccccc3)C2)cc1. The number of ether oxygens (including phenoxy) is 2. The van der Waals surface area contributed by atoms with Crippen LogP contribution in [-0.2, 0) is 16.0 Å². The fourth-order valence-corrected chi connectivity index (χ4v) is 3.04. The highest BCUT2D eigenvalue weighted by Gasteiger charge is 2.29. The van der Waals surface area contributed by atoms with Crippen LogP contribution in [0.3, 0.4) is 0 Å². The van der Waals surface area contributed by atoms with E-state index in [1.807, 2.05) is 54.3 Å². The van der Waals surface area contributed by atoms with Gasteiger partial charge in [-0.05, 0) is 30.2 Å². The number of carbonyl (C=O) groups is 1. The molecule has 24 heavy (non-hydrogen) atoms. The van der Waals surface area contributed by atoms with Crippen molar-refractivity contribution in [2.45, 2.75) is 25.6 Å². The van der Waals surface area contributed by atoms with Crippen molar-refractivity contribution in [3.63, 3.8) is 0 Å². The van der Waals surface area contributed by atoms with Crippen molar-refractivity contribution < 1.29 is 14.3 Å². The minimum absolute atomic E-state index is 0.0313. The van der Waals surface area contributed by atoms with E-state index in [4.69, 9.17) is 9.47 Å². The Labute approximate surface area is 143 Å². The van der Waals surface area contributed by atoms with Crippen LogP contribution in [0.25, 0.3) is 0 Å². The minimum Gasteiger partial charge on any atom is -0.497 e. The van der Waals surface area contributed by atoms with Gasteiger partial charge in [0, 0.05) is 6.54 Å². The van der Waals surface area contributed by atoms with Crippen molar-refractivity contribution in [2.24, 2.45) is 0 Å². The molecule has 3 rings (SSSR count). The van der Waals surface area contributed by atoms with Gasteiger partial charge in [0.2, 0.25) is 5.91 Å². The number of hydrogen-bond acceptors (Lipinski definition) is 3. The van der Waals surface area contributed by atoms with E-state index in [0.717, 1.165) is 16.9 Å². The van der Waals surface area contributed by atoms with E-state index in [2.05, 4.69) is 12.1 Å². The molecule has 2 aromatic rings. The summed E-state index contributed by atoms with van der Waals surface area (Å²) < 4.78 is 11.2. The normalized spacial score (nSPS) is 20.7. The molecule has 2 atom stereocenters. The third-order valence-electron chi connectivity index (χ3n) is 4.30. The Kier molecular flexibility index (Phi) is 5.16. The van der Waals surface area contributed by atoms with E-state index in [-0.39, 0.29) is 18.1 Å². The first-order valence-electron chi connectivity index (χ1n) is 8.27. The quantitative estimate of drug-likeness (QED) is 0.866. The van der Waals surface area contributed by atoms with Crippen molar-refractivity contribution in [3.8, 4) is 5.75 Å². The van der Waals surface area contributed by atoms with Crippen LogP contribution in [-0.4, -0.2) is 37.1 Å². The van der Waals surface area contributed by atoms with Crippen molar-refractivity contribution >= 4 is 5.91 Å². The summed E-state index contributed by atoms with van der Waals surface area (Å²) in [6, 6.07) is 17.7. The number of rotatable bonds is 4. The number of benzene rings is 2. The molecule has 0 saturated carbocycles. The second kappa shape index (κ2) is 7.49. The van der Waals surface area contributed by atoms with Gasteiger partial charge < -0.3 is 14.4 Å². The number of carbonyl (C=O) groups excluding carboxylic acids is 1. The molecule has 1 aliphatic heterocycles. The summed E-state index contributed by atoms with van der Waals surface area (Å²) >= 11 is 0. The van der Waals surface area contributed by atoms with E-state index in [1.165, 1.54) is 0 Å². The Morgan fingerprint density at radius 1 is 1.12 bits per heavy atom. The highest BCUT2D eigenvalue weighted by molar-refractivity contribution is 5.79. The maximum Gasteiger partial charge on any atom is 0.227 e. The Morgan fingerprint density at radius 2 is 1.83 bits per heavy atom. The van der Waals surface area contributed by atoms with Crippen LogP contribution in [0.4, 0.5) is 0 Å². The summed E-state index contributed by atoms with van der Waals surface area (Å²) in [5.74, 6) is 0.937. The zero-order chi connectivity index (χ0) is 16.9. The Bertz CT molecular complexity index is 669. The maximum absolute atomic E-state index is 12.7. The van der Waals surface area contributed by atoms with Gasteiger partial charge in [0.25, 0.3) is 0 Å². The fraction of sp³-hybridized carbons (Fsp3) is 0.350. The lowest BCUT2D eigenvalue weighted by molar-refractivity contribution is -0.144. The summed E-state index contributed by atoms with van der Waals surface area (Å²) in [5.41, 5.74) is 2.11. The molecule has 0 aromatic heterocycles. The molecule has 126 valence electrons. The number of nitrogens with zero attached hydrogens (tertiary/aromatic N) is 1. The van der Waals surface area contributed by atoms with Gasteiger partial charge in [-0.15, -0.1) is 0 Å². The summed E-state index contributed by atoms with van der Waals surface area (Å²) in [5, 5.41) is 0. The Hall–Kier alpha value is -2.33. The predicted octanol–water partition coefficient (Wildman–Crippen LogP) is 3.23. The lowest BCUT2D eigenvalue weighted by atomic mass is 10.1. The Morgan fingerprint density at radius 3 is 2.50 bits per heavy atom. The van der Waals surface area contributed by atoms with Crippen molar-refractivity contribution in [1.82, 2.24) is 4.90 Å². The van der Waals surface area contributed by atoms with E-state index in [9.17, 15) is 4.79 Å². The second-order valence-electron chi connectivity index (χ2n) is 6.17. The van der Waals surface area contributed by atoms with E-state index in [1.54, 1.807) is 7.11 Å². The van der Waals surface area contributed by atoms with Crippen LogP contribution in [0.5, 0.6) is 5.75 Å². The molecule has 1 amide bonds. The van der Waals surface area contributed by atoms with Gasteiger partial charge in [0.1, 0.15) is 11.9 Å². The largest absolute Gasteiger partial charge is 0.497 e. The van der Waals surface area contributed by atoms with Crippen LogP contribution in [0.1, 0.15) is 24.2 Å². The number of methoxy groups -OCH3 is 1. The molecule has 4 heteroatoms. The molecule has 0 spiro atoms. The van der Waals surface area contributed by atoms with Gasteiger partial charge in [0.05, 0.1) is 26.2 Å². The zero-order valence-corrected chi connectivity index (χ0v) is 14.1. The lowest BCUT2D eigenvalue weighted by Gasteiger charge is -2.37. The molecule has 0 bridgehead atoms. The van der Waals surface area contributed by atoms with Crippen LogP contribution in [0.15, 0.2) is 54.6 Å². The molecule has 2 aromatic carbocycles. The molecule has 0 radical (unpaired) electrons. The van der Waals surface area contributed by atoms with Gasteiger partial charge in [-0.2, -0.15) is 0 Å². The van der Waals surface area contributed by atoms with Crippen LogP contribution < -0.4 is 4.74 Å². The van der Waals surface area contributed by atoms with Crippen molar-refractivity contribution in [3.05, 3.63) is 65.7 Å². The molecule has 1 heterocycles. The molecular weight excluding hydrogens is 302 g/mol. The highest BCUT2D eigenvalue weighted by Crippen LogP contribution is 2.25. The maximum atomic E-state index is 12.7. The number of hydrogen-bond donors (Lipinski definition) is 0. The van der Waals surface area contributed by atoms with Crippen LogP contribution >= 0.6 is 0 Å². The van der Waals surface area contributed by atoms with Gasteiger partial charge in [-0.3, -0.25) is 4.79 Å². The van der Waals surface area contributed by atoms with Crippen LogP contribution in [0.2, 0.25) is 0 Å². The monoisotopic (exact) mass is 325 g/mol. The van der Waals surface area contributed by atoms with Crippen molar-refractivity contribution in [2.75, 3.05) is 20.2 Å². The summed E-state index contributed by atoms with van der Waals surface area (Å²) in [7, 11) is 1.64. The third-order valence-corrected chi connectivity index (χ3v) is 4.30.